The summed E-state index contributed by atoms with van der Waals surface area (Å²) in [5.74, 6) is -0.0783. The van der Waals surface area contributed by atoms with Gasteiger partial charge >= 0.3 is 0 Å². The van der Waals surface area contributed by atoms with Crippen molar-refractivity contribution in [3.05, 3.63) is 51.7 Å². The second-order valence-electron chi connectivity index (χ2n) is 5.72. The average Bonchev–Trinajstić information content (AvgIpc) is 3.22. The molecule has 1 amide bonds. The van der Waals surface area contributed by atoms with Gasteiger partial charge in [0.15, 0.2) is 5.13 Å². The number of amides is 1. The molecule has 0 aliphatic rings. The van der Waals surface area contributed by atoms with Crippen molar-refractivity contribution in [1.82, 2.24) is 9.88 Å². The topological polar surface area (TPSA) is 36.4 Å². The number of likely N-dealkylation sites (N-methyl/N-ethyl adjacent to an activating group) is 1. The molecule has 0 bridgehead atoms. The quantitative estimate of drug-likeness (QED) is 0.575. The van der Waals surface area contributed by atoms with E-state index in [0.717, 1.165) is 21.6 Å². The summed E-state index contributed by atoms with van der Waals surface area (Å²) in [6.07, 6.45) is 3.45. The third kappa shape index (κ3) is 4.46. The molecule has 2 aromatic heterocycles. The summed E-state index contributed by atoms with van der Waals surface area (Å²) in [5, 5.41) is 3.27. The Morgan fingerprint density at radius 2 is 2.08 bits per heavy atom. The maximum Gasteiger partial charge on any atom is 0.252 e. The van der Waals surface area contributed by atoms with Gasteiger partial charge in [-0.15, -0.1) is 11.3 Å². The number of aromatic nitrogens is 1. The lowest BCUT2D eigenvalue weighted by atomic mass is 10.3. The number of thiazole rings is 1. The number of anilines is 1. The summed E-state index contributed by atoms with van der Waals surface area (Å²) in [4.78, 5) is 22.2. The SMILES string of the molecule is CN(C)CCN(C(=O)/C=C/c1cccs1)c1nc2c(Cl)cccc2s1. The van der Waals surface area contributed by atoms with E-state index in [9.17, 15) is 4.79 Å². The van der Waals surface area contributed by atoms with Crippen LogP contribution in [0, 0.1) is 0 Å². The van der Waals surface area contributed by atoms with Gasteiger partial charge in [0.05, 0.1) is 9.72 Å². The Hall–Kier alpha value is -1.73. The van der Waals surface area contributed by atoms with Crippen molar-refractivity contribution in [3.8, 4) is 0 Å². The van der Waals surface area contributed by atoms with E-state index in [-0.39, 0.29) is 5.91 Å². The first-order valence-corrected chi connectivity index (χ1v) is 9.85. The van der Waals surface area contributed by atoms with Crippen LogP contribution >= 0.6 is 34.3 Å². The largest absolute Gasteiger partial charge is 0.308 e. The van der Waals surface area contributed by atoms with Crippen molar-refractivity contribution >= 4 is 61.6 Å². The zero-order chi connectivity index (χ0) is 17.8. The van der Waals surface area contributed by atoms with Crippen LogP contribution in [0.1, 0.15) is 4.88 Å². The van der Waals surface area contributed by atoms with Gasteiger partial charge in [-0.1, -0.05) is 35.1 Å². The van der Waals surface area contributed by atoms with Gasteiger partial charge in [-0.3, -0.25) is 9.69 Å². The summed E-state index contributed by atoms with van der Waals surface area (Å²) in [6.45, 7) is 1.32. The number of nitrogens with zero attached hydrogens (tertiary/aromatic N) is 3. The standard InChI is InChI=1S/C18H18ClN3OS2/c1-21(2)10-11-22(16(23)9-8-13-5-4-12-24-13)18-20-17-14(19)6-3-7-15(17)25-18/h3-9,12H,10-11H2,1-2H3/b9-8+. The molecule has 0 radical (unpaired) electrons. The fourth-order valence-electron chi connectivity index (χ4n) is 2.25. The number of para-hydroxylation sites is 1. The number of fused-ring (bicyclic) bond motifs is 1. The Morgan fingerprint density at radius 3 is 2.76 bits per heavy atom. The highest BCUT2D eigenvalue weighted by molar-refractivity contribution is 7.22. The van der Waals surface area contributed by atoms with E-state index < -0.39 is 0 Å². The molecule has 0 unspecified atom stereocenters. The zero-order valence-corrected chi connectivity index (χ0v) is 16.4. The predicted molar refractivity (Wildman–Crippen MR) is 109 cm³/mol. The molecule has 0 atom stereocenters. The Bertz CT molecular complexity index is 887. The summed E-state index contributed by atoms with van der Waals surface area (Å²) >= 11 is 9.31. The molecular formula is C18H18ClN3OS2. The number of carbonyl (C=O) groups excluding carboxylic acids is 1. The fourth-order valence-corrected chi connectivity index (χ4v) is 4.16. The van der Waals surface area contributed by atoms with Gasteiger partial charge in [0.2, 0.25) is 0 Å². The first-order valence-electron chi connectivity index (χ1n) is 7.77. The third-order valence-electron chi connectivity index (χ3n) is 3.56. The Labute approximate surface area is 160 Å². The van der Waals surface area contributed by atoms with Gasteiger partial charge in [-0.25, -0.2) is 4.98 Å². The van der Waals surface area contributed by atoms with Crippen molar-refractivity contribution in [2.45, 2.75) is 0 Å². The number of rotatable bonds is 6. The van der Waals surface area contributed by atoms with Crippen LogP contribution < -0.4 is 4.90 Å². The highest BCUT2D eigenvalue weighted by Crippen LogP contribution is 2.33. The van der Waals surface area contributed by atoms with Crippen LogP contribution in [0.3, 0.4) is 0 Å². The summed E-state index contributed by atoms with van der Waals surface area (Å²) in [5.41, 5.74) is 0.744. The lowest BCUT2D eigenvalue weighted by Crippen LogP contribution is -2.35. The van der Waals surface area contributed by atoms with Crippen molar-refractivity contribution in [2.24, 2.45) is 0 Å². The van der Waals surface area contributed by atoms with Crippen LogP contribution in [0.15, 0.2) is 41.8 Å². The van der Waals surface area contributed by atoms with E-state index in [1.807, 2.05) is 60.8 Å². The third-order valence-corrected chi connectivity index (χ3v) is 5.75. The maximum absolute atomic E-state index is 12.8. The molecule has 0 aliphatic heterocycles. The molecule has 3 rings (SSSR count). The summed E-state index contributed by atoms with van der Waals surface area (Å²) in [6, 6.07) is 9.63. The molecular weight excluding hydrogens is 374 g/mol. The van der Waals surface area contributed by atoms with E-state index in [1.165, 1.54) is 11.3 Å². The zero-order valence-electron chi connectivity index (χ0n) is 14.0. The number of carbonyl (C=O) groups is 1. The van der Waals surface area contributed by atoms with Crippen LogP contribution in [0.5, 0.6) is 0 Å². The first kappa shape index (κ1) is 18.1. The number of hydrogen-bond acceptors (Lipinski definition) is 5. The molecule has 7 heteroatoms. The molecule has 130 valence electrons. The van der Waals surface area contributed by atoms with E-state index in [1.54, 1.807) is 22.3 Å². The second-order valence-corrected chi connectivity index (χ2v) is 8.12. The number of thiophene rings is 1. The first-order chi connectivity index (χ1) is 12.0. The van der Waals surface area contributed by atoms with Crippen LogP contribution in [0.4, 0.5) is 5.13 Å². The summed E-state index contributed by atoms with van der Waals surface area (Å²) in [7, 11) is 3.97. The van der Waals surface area contributed by atoms with E-state index >= 15 is 0 Å². The number of halogens is 1. The van der Waals surface area contributed by atoms with Crippen molar-refractivity contribution in [2.75, 3.05) is 32.1 Å². The summed E-state index contributed by atoms with van der Waals surface area (Å²) < 4.78 is 0.979. The van der Waals surface area contributed by atoms with Gasteiger partial charge in [0.1, 0.15) is 5.52 Å². The monoisotopic (exact) mass is 391 g/mol. The number of benzene rings is 1. The lowest BCUT2D eigenvalue weighted by molar-refractivity contribution is -0.114. The van der Waals surface area contributed by atoms with E-state index in [4.69, 9.17) is 11.6 Å². The van der Waals surface area contributed by atoms with Crippen molar-refractivity contribution in [3.63, 3.8) is 0 Å². The molecule has 25 heavy (non-hydrogen) atoms. The smallest absolute Gasteiger partial charge is 0.252 e. The minimum Gasteiger partial charge on any atom is -0.308 e. The molecule has 1 aromatic carbocycles. The van der Waals surface area contributed by atoms with Crippen molar-refractivity contribution in [1.29, 1.82) is 0 Å². The second kappa shape index (κ2) is 8.10. The normalized spacial score (nSPS) is 11.7. The predicted octanol–water partition coefficient (Wildman–Crippen LogP) is 4.62. The van der Waals surface area contributed by atoms with Gasteiger partial charge < -0.3 is 4.90 Å². The van der Waals surface area contributed by atoms with Crippen LogP contribution in [0.2, 0.25) is 5.02 Å². The molecule has 0 spiro atoms. The molecule has 3 aromatic rings. The Kier molecular flexibility index (Phi) is 5.86. The molecule has 0 fully saturated rings. The molecule has 0 aliphatic carbocycles. The van der Waals surface area contributed by atoms with Crippen LogP contribution in [-0.2, 0) is 4.79 Å². The average molecular weight is 392 g/mol. The molecule has 4 nitrogen and oxygen atoms in total. The molecule has 2 heterocycles. The highest BCUT2D eigenvalue weighted by Gasteiger charge is 2.18. The minimum atomic E-state index is -0.0783. The van der Waals surface area contributed by atoms with E-state index in [0.29, 0.717) is 16.7 Å². The van der Waals surface area contributed by atoms with Gasteiger partial charge in [-0.05, 0) is 43.8 Å². The molecule has 0 saturated carbocycles. The Balaban J connectivity index is 1.89. The molecule has 0 N–H and O–H groups in total. The van der Waals surface area contributed by atoms with Gasteiger partial charge in [0, 0.05) is 24.0 Å². The van der Waals surface area contributed by atoms with Crippen LogP contribution in [-0.4, -0.2) is 43.0 Å². The molecule has 0 saturated heterocycles. The maximum atomic E-state index is 12.8. The highest BCUT2D eigenvalue weighted by atomic mass is 35.5. The van der Waals surface area contributed by atoms with Gasteiger partial charge in [0.25, 0.3) is 5.91 Å². The Morgan fingerprint density at radius 1 is 1.24 bits per heavy atom. The number of hydrogen-bond donors (Lipinski definition) is 0. The van der Waals surface area contributed by atoms with Crippen molar-refractivity contribution < 1.29 is 4.79 Å². The van der Waals surface area contributed by atoms with Crippen LogP contribution in [0.25, 0.3) is 16.3 Å². The van der Waals surface area contributed by atoms with E-state index in [2.05, 4.69) is 4.98 Å². The fraction of sp³-hybridized carbons (Fsp3) is 0.222. The lowest BCUT2D eigenvalue weighted by Gasteiger charge is -2.20. The van der Waals surface area contributed by atoms with Gasteiger partial charge in [-0.2, -0.15) is 0 Å². The minimum absolute atomic E-state index is 0.0783.